The number of nitrogens with zero attached hydrogens (tertiary/aromatic N) is 4. The number of pyridine rings is 1. The number of hydrogen-bond acceptors (Lipinski definition) is 3. The lowest BCUT2D eigenvalue weighted by Gasteiger charge is -2.35. The zero-order valence-electron chi connectivity index (χ0n) is 14.4. The highest BCUT2D eigenvalue weighted by molar-refractivity contribution is 6.31. The Morgan fingerprint density at radius 3 is 2.52 bits per heavy atom. The Morgan fingerprint density at radius 2 is 1.84 bits per heavy atom. The minimum absolute atomic E-state index is 0.0144. The second-order valence-electron chi connectivity index (χ2n) is 6.36. The Labute approximate surface area is 151 Å². The summed E-state index contributed by atoms with van der Waals surface area (Å²) in [5.74, 6) is 0.0400. The van der Waals surface area contributed by atoms with Gasteiger partial charge in [-0.05, 0) is 18.2 Å². The molecular weight excluding hydrogens is 340 g/mol. The quantitative estimate of drug-likeness (QED) is 0.789. The maximum absolute atomic E-state index is 12.4. The Bertz CT molecular complexity index is 820. The summed E-state index contributed by atoms with van der Waals surface area (Å²) in [4.78, 5) is 32.2. The highest BCUT2D eigenvalue weighted by Crippen LogP contribution is 2.19. The third kappa shape index (κ3) is 3.69. The van der Waals surface area contributed by atoms with Gasteiger partial charge in [0.15, 0.2) is 5.15 Å². The van der Waals surface area contributed by atoms with Gasteiger partial charge >= 0.3 is 0 Å². The number of imidazole rings is 1. The van der Waals surface area contributed by atoms with Crippen molar-refractivity contribution < 1.29 is 9.59 Å². The van der Waals surface area contributed by atoms with Crippen LogP contribution in [0.2, 0.25) is 5.15 Å². The zero-order valence-corrected chi connectivity index (χ0v) is 15.1. The molecule has 2 aromatic heterocycles. The van der Waals surface area contributed by atoms with Crippen LogP contribution in [0.1, 0.15) is 19.5 Å². The number of amides is 2. The van der Waals surface area contributed by atoms with E-state index in [1.807, 2.05) is 47.5 Å². The molecule has 0 spiro atoms. The van der Waals surface area contributed by atoms with Crippen LogP contribution in [-0.4, -0.2) is 57.2 Å². The van der Waals surface area contributed by atoms with Gasteiger partial charge in [-0.2, -0.15) is 0 Å². The molecule has 1 saturated heterocycles. The molecule has 7 heteroatoms. The normalized spacial score (nSPS) is 15.5. The molecule has 0 bridgehead atoms. The van der Waals surface area contributed by atoms with Crippen molar-refractivity contribution in [2.24, 2.45) is 5.92 Å². The average Bonchev–Trinajstić information content (AvgIpc) is 2.94. The monoisotopic (exact) mass is 360 g/mol. The van der Waals surface area contributed by atoms with E-state index in [1.165, 1.54) is 6.08 Å². The minimum Gasteiger partial charge on any atom is -0.339 e. The van der Waals surface area contributed by atoms with Crippen LogP contribution in [0.4, 0.5) is 0 Å². The molecule has 6 nitrogen and oxygen atoms in total. The van der Waals surface area contributed by atoms with E-state index in [9.17, 15) is 9.59 Å². The third-order valence-corrected chi connectivity index (χ3v) is 4.58. The molecule has 2 aromatic rings. The highest BCUT2D eigenvalue weighted by atomic mass is 35.5. The van der Waals surface area contributed by atoms with Crippen molar-refractivity contribution in [1.82, 2.24) is 19.2 Å². The van der Waals surface area contributed by atoms with Gasteiger partial charge in [-0.3, -0.25) is 14.0 Å². The summed E-state index contributed by atoms with van der Waals surface area (Å²) in [6.07, 6.45) is 5.06. The molecule has 3 rings (SSSR count). The van der Waals surface area contributed by atoms with Crippen LogP contribution in [0.3, 0.4) is 0 Å². The van der Waals surface area contributed by atoms with E-state index in [2.05, 4.69) is 4.98 Å². The molecule has 0 unspecified atom stereocenters. The van der Waals surface area contributed by atoms with E-state index in [0.29, 0.717) is 37.0 Å². The predicted molar refractivity (Wildman–Crippen MR) is 97.2 cm³/mol. The Morgan fingerprint density at radius 1 is 1.16 bits per heavy atom. The SMILES string of the molecule is CC(C)C(=O)N1CCN(C(=O)/C=C/c2c(Cl)nc3ccccn23)CC1. The molecule has 0 N–H and O–H groups in total. The number of piperazine rings is 1. The average molecular weight is 361 g/mol. The molecule has 1 fully saturated rings. The summed E-state index contributed by atoms with van der Waals surface area (Å²) in [5.41, 5.74) is 1.42. The first-order valence-electron chi connectivity index (χ1n) is 8.35. The smallest absolute Gasteiger partial charge is 0.246 e. The fourth-order valence-electron chi connectivity index (χ4n) is 2.90. The van der Waals surface area contributed by atoms with Gasteiger partial charge in [-0.1, -0.05) is 31.5 Å². The van der Waals surface area contributed by atoms with Crippen molar-refractivity contribution in [3.05, 3.63) is 41.3 Å². The van der Waals surface area contributed by atoms with Crippen molar-refractivity contribution in [2.75, 3.05) is 26.2 Å². The zero-order chi connectivity index (χ0) is 18.0. The van der Waals surface area contributed by atoms with E-state index < -0.39 is 0 Å². The number of aromatic nitrogens is 2. The molecule has 2 amide bonds. The standard InChI is InChI=1S/C18H21ClN4O2/c1-13(2)18(25)22-11-9-21(10-12-22)16(24)7-6-14-17(19)20-15-5-3-4-8-23(14)15/h3-8,13H,9-12H2,1-2H3/b7-6+. The van der Waals surface area contributed by atoms with Gasteiger partial charge in [-0.15, -0.1) is 0 Å². The van der Waals surface area contributed by atoms with E-state index in [-0.39, 0.29) is 17.7 Å². The number of halogens is 1. The summed E-state index contributed by atoms with van der Waals surface area (Å²) in [7, 11) is 0. The summed E-state index contributed by atoms with van der Waals surface area (Å²) >= 11 is 6.17. The van der Waals surface area contributed by atoms with E-state index in [4.69, 9.17) is 11.6 Å². The first-order chi connectivity index (χ1) is 12.0. The maximum atomic E-state index is 12.4. The van der Waals surface area contributed by atoms with Crippen molar-refractivity contribution in [1.29, 1.82) is 0 Å². The Kier molecular flexibility index (Phi) is 5.08. The molecule has 1 aliphatic rings. The summed E-state index contributed by atoms with van der Waals surface area (Å²) in [5, 5.41) is 0.364. The Hall–Kier alpha value is -2.34. The second kappa shape index (κ2) is 7.27. The van der Waals surface area contributed by atoms with Crippen LogP contribution in [0, 0.1) is 5.92 Å². The van der Waals surface area contributed by atoms with Gasteiger partial charge in [0.1, 0.15) is 5.65 Å². The highest BCUT2D eigenvalue weighted by Gasteiger charge is 2.24. The molecule has 0 atom stereocenters. The second-order valence-corrected chi connectivity index (χ2v) is 6.71. The largest absolute Gasteiger partial charge is 0.339 e. The Balaban J connectivity index is 1.66. The van der Waals surface area contributed by atoms with Crippen molar-refractivity contribution in [3.8, 4) is 0 Å². The molecule has 0 saturated carbocycles. The fraction of sp³-hybridized carbons (Fsp3) is 0.389. The van der Waals surface area contributed by atoms with Crippen molar-refractivity contribution in [3.63, 3.8) is 0 Å². The molecule has 3 heterocycles. The van der Waals surface area contributed by atoms with Crippen molar-refractivity contribution in [2.45, 2.75) is 13.8 Å². The van der Waals surface area contributed by atoms with Gasteiger partial charge in [0.05, 0.1) is 5.69 Å². The number of carbonyl (C=O) groups is 2. The fourth-order valence-corrected chi connectivity index (χ4v) is 3.14. The van der Waals surface area contributed by atoms with Gasteiger partial charge in [0, 0.05) is 44.4 Å². The molecule has 0 aromatic carbocycles. The number of rotatable bonds is 3. The van der Waals surface area contributed by atoms with Gasteiger partial charge < -0.3 is 9.80 Å². The third-order valence-electron chi connectivity index (χ3n) is 4.30. The topological polar surface area (TPSA) is 57.9 Å². The van der Waals surface area contributed by atoms with Crippen LogP contribution in [0.25, 0.3) is 11.7 Å². The minimum atomic E-state index is -0.0846. The number of carbonyl (C=O) groups excluding carboxylic acids is 2. The van der Waals surface area contributed by atoms with Gasteiger partial charge in [-0.25, -0.2) is 4.98 Å². The van der Waals surface area contributed by atoms with Crippen molar-refractivity contribution >= 4 is 35.1 Å². The maximum Gasteiger partial charge on any atom is 0.246 e. The van der Waals surface area contributed by atoms with Crippen LogP contribution in [-0.2, 0) is 9.59 Å². The summed E-state index contributed by atoms with van der Waals surface area (Å²) in [6, 6.07) is 5.63. The first-order valence-corrected chi connectivity index (χ1v) is 8.73. The van der Waals surface area contributed by atoms with E-state index in [1.54, 1.807) is 11.0 Å². The molecule has 1 aliphatic heterocycles. The summed E-state index contributed by atoms with van der Waals surface area (Å²) < 4.78 is 1.84. The van der Waals surface area contributed by atoms with Crippen LogP contribution in [0.5, 0.6) is 0 Å². The summed E-state index contributed by atoms with van der Waals surface area (Å²) in [6.45, 7) is 6.02. The molecule has 0 aliphatic carbocycles. The first kappa shape index (κ1) is 17.5. The molecule has 132 valence electrons. The van der Waals surface area contributed by atoms with E-state index >= 15 is 0 Å². The predicted octanol–water partition coefficient (Wildman–Crippen LogP) is 2.33. The molecule has 0 radical (unpaired) electrons. The molecule has 25 heavy (non-hydrogen) atoms. The lowest BCUT2D eigenvalue weighted by molar-refractivity contribution is -0.139. The lowest BCUT2D eigenvalue weighted by atomic mass is 10.1. The lowest BCUT2D eigenvalue weighted by Crippen LogP contribution is -2.51. The van der Waals surface area contributed by atoms with Crippen LogP contribution >= 0.6 is 11.6 Å². The van der Waals surface area contributed by atoms with E-state index in [0.717, 1.165) is 5.65 Å². The van der Waals surface area contributed by atoms with Gasteiger partial charge in [0.25, 0.3) is 0 Å². The number of fused-ring (bicyclic) bond motifs is 1. The van der Waals surface area contributed by atoms with Crippen LogP contribution in [0.15, 0.2) is 30.5 Å². The van der Waals surface area contributed by atoms with Gasteiger partial charge in [0.2, 0.25) is 11.8 Å². The van der Waals surface area contributed by atoms with Crippen LogP contribution < -0.4 is 0 Å². The number of hydrogen-bond donors (Lipinski definition) is 0. The molecular formula is C18H21ClN4O2.